The molecule has 0 unspecified atom stereocenters. The highest BCUT2D eigenvalue weighted by atomic mass is 16.5. The fourth-order valence-electron chi connectivity index (χ4n) is 2.72. The highest BCUT2D eigenvalue weighted by molar-refractivity contribution is 6.21. The molecule has 0 aromatic heterocycles. The number of nitrogen functional groups attached to an aromatic ring is 1. The number of rotatable bonds is 5. The van der Waals surface area contributed by atoms with Gasteiger partial charge in [-0.15, -0.1) is 6.58 Å². The minimum atomic E-state index is -1.87. The Morgan fingerprint density at radius 3 is 2.20 bits per heavy atom. The Labute approximate surface area is 144 Å². The molecule has 0 aliphatic carbocycles. The third-order valence-electron chi connectivity index (χ3n) is 4.35. The Hall–Kier alpha value is -3.16. The van der Waals surface area contributed by atoms with Crippen LogP contribution in [0.5, 0.6) is 5.75 Å². The zero-order valence-corrected chi connectivity index (χ0v) is 13.9. The molecule has 8 nitrogen and oxygen atoms in total. The second kappa shape index (κ2) is 6.39. The van der Waals surface area contributed by atoms with Crippen molar-refractivity contribution in [2.45, 2.75) is 20.3 Å². The fourth-order valence-corrected chi connectivity index (χ4v) is 2.72. The normalized spacial score (nSPS) is 16.6. The first-order chi connectivity index (χ1) is 11.6. The number of esters is 1. The molecule has 4 N–H and O–H groups in total. The number of barbiturate groups is 1. The summed E-state index contributed by atoms with van der Waals surface area (Å²) in [7, 11) is 0. The van der Waals surface area contributed by atoms with Crippen molar-refractivity contribution in [3.63, 3.8) is 0 Å². The number of carbonyl (C=O) groups is 4. The second-order valence-electron chi connectivity index (χ2n) is 6.22. The van der Waals surface area contributed by atoms with Gasteiger partial charge in [0.25, 0.3) is 0 Å². The monoisotopic (exact) mass is 345 g/mol. The molecule has 0 saturated carbocycles. The number of amides is 4. The maximum Gasteiger partial charge on any atom is 0.328 e. The van der Waals surface area contributed by atoms with Gasteiger partial charge in [-0.3, -0.25) is 25.0 Å². The third kappa shape index (κ3) is 2.98. The van der Waals surface area contributed by atoms with Crippen molar-refractivity contribution in [1.82, 2.24) is 10.6 Å². The van der Waals surface area contributed by atoms with E-state index in [1.165, 1.54) is 32.1 Å². The van der Waals surface area contributed by atoms with Crippen LogP contribution >= 0.6 is 0 Å². The van der Waals surface area contributed by atoms with Crippen molar-refractivity contribution in [2.75, 3.05) is 5.73 Å². The first kappa shape index (κ1) is 18.2. The summed E-state index contributed by atoms with van der Waals surface area (Å²) in [6.45, 7) is 6.36. The first-order valence-corrected chi connectivity index (χ1v) is 7.50. The van der Waals surface area contributed by atoms with Crippen molar-refractivity contribution in [1.29, 1.82) is 0 Å². The van der Waals surface area contributed by atoms with Gasteiger partial charge in [0.2, 0.25) is 11.8 Å². The van der Waals surface area contributed by atoms with Crippen molar-refractivity contribution >= 4 is 29.5 Å². The molecule has 0 spiro atoms. The van der Waals surface area contributed by atoms with E-state index >= 15 is 0 Å². The highest BCUT2D eigenvalue weighted by Crippen LogP contribution is 2.45. The molecule has 8 heteroatoms. The van der Waals surface area contributed by atoms with Crippen LogP contribution < -0.4 is 21.1 Å². The van der Waals surface area contributed by atoms with Crippen LogP contribution in [0.25, 0.3) is 0 Å². The lowest BCUT2D eigenvalue weighted by Crippen LogP contribution is -2.68. The summed E-state index contributed by atoms with van der Waals surface area (Å²) in [6.07, 6.45) is 1.19. The predicted octanol–water partition coefficient (Wildman–Crippen LogP) is 1.13. The Morgan fingerprint density at radius 2 is 1.72 bits per heavy atom. The van der Waals surface area contributed by atoms with Gasteiger partial charge < -0.3 is 10.5 Å². The Balaban J connectivity index is 2.41. The third-order valence-corrected chi connectivity index (χ3v) is 4.35. The molecule has 0 radical (unpaired) electrons. The number of hydrogen-bond donors (Lipinski definition) is 3. The van der Waals surface area contributed by atoms with Gasteiger partial charge in [0, 0.05) is 5.69 Å². The Kier molecular flexibility index (Phi) is 4.64. The van der Waals surface area contributed by atoms with Gasteiger partial charge in [-0.1, -0.05) is 6.08 Å². The predicted molar refractivity (Wildman–Crippen MR) is 89.2 cm³/mol. The number of nitrogens with one attached hydrogen (secondary N) is 2. The van der Waals surface area contributed by atoms with Gasteiger partial charge in [-0.2, -0.15) is 0 Å². The van der Waals surface area contributed by atoms with E-state index in [1.54, 1.807) is 12.1 Å². The molecule has 25 heavy (non-hydrogen) atoms. The van der Waals surface area contributed by atoms with Gasteiger partial charge in [0.15, 0.2) is 0 Å². The summed E-state index contributed by atoms with van der Waals surface area (Å²) in [6, 6.07) is 5.15. The maximum absolute atomic E-state index is 12.7. The van der Waals surface area contributed by atoms with Gasteiger partial charge in [0.1, 0.15) is 11.2 Å². The molecule has 2 rings (SSSR count). The molecule has 1 aromatic carbocycles. The molecular formula is C17H19N3O5. The van der Waals surface area contributed by atoms with E-state index in [1.807, 2.05) is 10.6 Å². The molecule has 1 heterocycles. The fraction of sp³-hybridized carbons (Fsp3) is 0.294. The standard InChI is InChI=1S/C17H19N3O5/c1-4-9-17(12(21)19-15(24)20-13(17)22)16(2,3)14(23)25-11-7-5-10(18)6-8-11/h4-8H,1,9,18H2,2-3H3,(H2,19,20,21,22,24). The van der Waals surface area contributed by atoms with Crippen molar-refractivity contribution in [3.05, 3.63) is 36.9 Å². The van der Waals surface area contributed by atoms with Crippen LogP contribution in [-0.4, -0.2) is 23.8 Å². The topological polar surface area (TPSA) is 128 Å². The van der Waals surface area contributed by atoms with E-state index < -0.39 is 34.6 Å². The van der Waals surface area contributed by atoms with E-state index in [0.29, 0.717) is 5.69 Å². The zero-order chi connectivity index (χ0) is 18.8. The van der Waals surface area contributed by atoms with Crippen molar-refractivity contribution in [3.8, 4) is 5.75 Å². The van der Waals surface area contributed by atoms with Crippen LogP contribution in [0.2, 0.25) is 0 Å². The van der Waals surface area contributed by atoms with E-state index in [0.717, 1.165) is 0 Å². The molecule has 1 aromatic rings. The minimum absolute atomic E-state index is 0.151. The summed E-state index contributed by atoms with van der Waals surface area (Å²) in [5.74, 6) is -2.34. The number of hydrogen-bond acceptors (Lipinski definition) is 6. The molecule has 1 aliphatic heterocycles. The summed E-state index contributed by atoms with van der Waals surface area (Å²) >= 11 is 0. The Bertz CT molecular complexity index is 732. The van der Waals surface area contributed by atoms with E-state index in [-0.39, 0.29) is 12.2 Å². The number of allylic oxidation sites excluding steroid dienone is 1. The SMILES string of the molecule is C=CCC1(C(C)(C)C(=O)Oc2ccc(N)cc2)C(=O)NC(=O)NC1=O. The smallest absolute Gasteiger partial charge is 0.328 e. The van der Waals surface area contributed by atoms with Gasteiger partial charge in [-0.05, 0) is 44.5 Å². The van der Waals surface area contributed by atoms with Crippen LogP contribution in [0.3, 0.4) is 0 Å². The van der Waals surface area contributed by atoms with Crippen LogP contribution in [-0.2, 0) is 14.4 Å². The molecule has 132 valence electrons. The number of imide groups is 2. The van der Waals surface area contributed by atoms with Crippen LogP contribution in [0.4, 0.5) is 10.5 Å². The van der Waals surface area contributed by atoms with Gasteiger partial charge in [-0.25, -0.2) is 4.79 Å². The summed E-state index contributed by atoms with van der Waals surface area (Å²) in [5.41, 5.74) is 2.62. The lowest BCUT2D eigenvalue weighted by atomic mass is 9.61. The first-order valence-electron chi connectivity index (χ1n) is 7.50. The molecule has 0 bridgehead atoms. The largest absolute Gasteiger partial charge is 0.426 e. The van der Waals surface area contributed by atoms with Crippen LogP contribution in [0.1, 0.15) is 20.3 Å². The number of benzene rings is 1. The zero-order valence-electron chi connectivity index (χ0n) is 13.9. The van der Waals surface area contributed by atoms with Crippen LogP contribution in [0, 0.1) is 10.8 Å². The number of urea groups is 1. The summed E-state index contributed by atoms with van der Waals surface area (Å²) < 4.78 is 5.31. The number of anilines is 1. The number of carbonyl (C=O) groups excluding carboxylic acids is 4. The number of nitrogens with two attached hydrogens (primary N) is 1. The molecule has 0 atom stereocenters. The average Bonchev–Trinajstić information content (AvgIpc) is 2.52. The van der Waals surface area contributed by atoms with E-state index in [9.17, 15) is 19.2 Å². The molecular weight excluding hydrogens is 326 g/mol. The molecule has 1 aliphatic rings. The lowest BCUT2D eigenvalue weighted by molar-refractivity contribution is -0.167. The minimum Gasteiger partial charge on any atom is -0.426 e. The average molecular weight is 345 g/mol. The van der Waals surface area contributed by atoms with E-state index in [2.05, 4.69) is 6.58 Å². The van der Waals surface area contributed by atoms with Crippen molar-refractivity contribution in [2.24, 2.45) is 10.8 Å². The second-order valence-corrected chi connectivity index (χ2v) is 6.22. The number of ether oxygens (including phenoxy) is 1. The van der Waals surface area contributed by atoms with Gasteiger partial charge >= 0.3 is 12.0 Å². The van der Waals surface area contributed by atoms with Crippen LogP contribution in [0.15, 0.2) is 36.9 Å². The van der Waals surface area contributed by atoms with Crippen molar-refractivity contribution < 1.29 is 23.9 Å². The van der Waals surface area contributed by atoms with E-state index in [4.69, 9.17) is 10.5 Å². The summed E-state index contributed by atoms with van der Waals surface area (Å²) in [5, 5.41) is 4.07. The molecule has 1 fully saturated rings. The molecule has 4 amide bonds. The lowest BCUT2D eigenvalue weighted by Gasteiger charge is -2.43. The Morgan fingerprint density at radius 1 is 1.20 bits per heavy atom. The highest BCUT2D eigenvalue weighted by Gasteiger charge is 2.63. The van der Waals surface area contributed by atoms with Gasteiger partial charge in [0.05, 0.1) is 5.41 Å². The molecule has 1 saturated heterocycles. The maximum atomic E-state index is 12.7. The quantitative estimate of drug-likeness (QED) is 0.241. The summed E-state index contributed by atoms with van der Waals surface area (Å²) in [4.78, 5) is 49.1.